The maximum Gasteiger partial charge on any atom is 0.312 e. The van der Waals surface area contributed by atoms with Gasteiger partial charge in [-0.25, -0.2) is 0 Å². The van der Waals surface area contributed by atoms with Crippen molar-refractivity contribution in [2.75, 3.05) is 11.5 Å². The lowest BCUT2D eigenvalue weighted by Crippen LogP contribution is -2.35. The maximum absolute atomic E-state index is 10.9. The summed E-state index contributed by atoms with van der Waals surface area (Å²) in [5.74, 6) is 0.511. The van der Waals surface area contributed by atoms with E-state index in [1.54, 1.807) is 11.8 Å². The predicted octanol–water partition coefficient (Wildman–Crippen LogP) is 0.0828. The molecule has 0 aromatic heterocycles. The van der Waals surface area contributed by atoms with Crippen molar-refractivity contribution in [2.24, 2.45) is 0 Å². The summed E-state index contributed by atoms with van der Waals surface area (Å²) in [6.07, 6.45) is 0.539. The summed E-state index contributed by atoms with van der Waals surface area (Å²) in [6.45, 7) is 0. The summed E-state index contributed by atoms with van der Waals surface area (Å²) in [5.41, 5.74) is 0. The Morgan fingerprint density at radius 1 is 1.58 bits per heavy atom. The fourth-order valence-corrected chi connectivity index (χ4v) is 2.22. The average molecular weight is 189 g/mol. The number of aliphatic carboxylic acids is 1. The molecule has 0 spiro atoms. The second-order valence-electron chi connectivity index (χ2n) is 2.70. The Labute approximate surface area is 74.7 Å². The zero-order chi connectivity index (χ0) is 8.97. The van der Waals surface area contributed by atoms with Crippen LogP contribution in [0.4, 0.5) is 0 Å². The van der Waals surface area contributed by atoms with Gasteiger partial charge in [0.25, 0.3) is 0 Å². The van der Waals surface area contributed by atoms with Crippen molar-refractivity contribution in [2.45, 2.75) is 18.9 Å². The predicted molar refractivity (Wildman–Crippen MR) is 46.1 cm³/mol. The highest BCUT2D eigenvalue weighted by Gasteiger charge is 2.18. The SMILES string of the molecule is O=C(O)CC(=O)NC1CCSC1. The van der Waals surface area contributed by atoms with E-state index in [1.165, 1.54) is 0 Å². The minimum atomic E-state index is -1.07. The topological polar surface area (TPSA) is 66.4 Å². The third kappa shape index (κ3) is 3.13. The van der Waals surface area contributed by atoms with Gasteiger partial charge in [-0.2, -0.15) is 11.8 Å². The van der Waals surface area contributed by atoms with Crippen LogP contribution in [0.1, 0.15) is 12.8 Å². The number of carbonyl (C=O) groups is 2. The van der Waals surface area contributed by atoms with Crippen LogP contribution in [0.5, 0.6) is 0 Å². The van der Waals surface area contributed by atoms with E-state index in [2.05, 4.69) is 5.32 Å². The monoisotopic (exact) mass is 189 g/mol. The molecular weight excluding hydrogens is 178 g/mol. The molecule has 0 aromatic carbocycles. The third-order valence-electron chi connectivity index (χ3n) is 1.61. The highest BCUT2D eigenvalue weighted by Crippen LogP contribution is 2.16. The number of nitrogens with one attached hydrogen (secondary N) is 1. The fourth-order valence-electron chi connectivity index (χ4n) is 1.06. The maximum atomic E-state index is 10.9. The van der Waals surface area contributed by atoms with Crippen molar-refractivity contribution >= 4 is 23.6 Å². The molecule has 12 heavy (non-hydrogen) atoms. The van der Waals surface area contributed by atoms with E-state index in [9.17, 15) is 9.59 Å². The fraction of sp³-hybridized carbons (Fsp3) is 0.714. The van der Waals surface area contributed by atoms with Gasteiger partial charge < -0.3 is 10.4 Å². The van der Waals surface area contributed by atoms with E-state index in [0.717, 1.165) is 17.9 Å². The summed E-state index contributed by atoms with van der Waals surface area (Å²) in [5, 5.41) is 11.0. The van der Waals surface area contributed by atoms with Gasteiger partial charge in [0, 0.05) is 11.8 Å². The molecule has 0 bridgehead atoms. The Morgan fingerprint density at radius 3 is 2.83 bits per heavy atom. The normalized spacial score (nSPS) is 22.2. The minimum absolute atomic E-state index is 0.182. The molecule has 68 valence electrons. The summed E-state index contributed by atoms with van der Waals surface area (Å²) in [4.78, 5) is 21.0. The Kier molecular flexibility index (Phi) is 3.40. The van der Waals surface area contributed by atoms with Crippen LogP contribution >= 0.6 is 11.8 Å². The van der Waals surface area contributed by atoms with Crippen LogP contribution in [0, 0.1) is 0 Å². The molecule has 1 fully saturated rings. The smallest absolute Gasteiger partial charge is 0.312 e. The lowest BCUT2D eigenvalue weighted by Gasteiger charge is -2.09. The van der Waals surface area contributed by atoms with Crippen LogP contribution in [0.3, 0.4) is 0 Å². The molecule has 0 saturated carbocycles. The second kappa shape index (κ2) is 4.35. The quantitative estimate of drug-likeness (QED) is 0.617. The van der Waals surface area contributed by atoms with Gasteiger partial charge in [0.05, 0.1) is 0 Å². The molecule has 0 aliphatic carbocycles. The van der Waals surface area contributed by atoms with Crippen LogP contribution in [0.25, 0.3) is 0 Å². The summed E-state index contributed by atoms with van der Waals surface area (Å²) < 4.78 is 0. The van der Waals surface area contributed by atoms with E-state index < -0.39 is 12.4 Å². The van der Waals surface area contributed by atoms with Gasteiger partial charge in [0.15, 0.2) is 0 Å². The lowest BCUT2D eigenvalue weighted by atomic mass is 10.2. The molecule has 0 aromatic rings. The third-order valence-corrected chi connectivity index (χ3v) is 2.77. The van der Waals surface area contributed by atoms with Gasteiger partial charge >= 0.3 is 5.97 Å². The number of hydrogen-bond donors (Lipinski definition) is 2. The first kappa shape index (κ1) is 9.38. The largest absolute Gasteiger partial charge is 0.481 e. The molecule has 1 rings (SSSR count). The van der Waals surface area contributed by atoms with Crippen molar-refractivity contribution in [3.63, 3.8) is 0 Å². The molecule has 1 saturated heterocycles. The molecule has 1 aliphatic heterocycles. The number of thioether (sulfide) groups is 1. The minimum Gasteiger partial charge on any atom is -0.481 e. The van der Waals surface area contributed by atoms with E-state index in [4.69, 9.17) is 5.11 Å². The zero-order valence-corrected chi connectivity index (χ0v) is 7.39. The Bertz CT molecular complexity index is 189. The highest BCUT2D eigenvalue weighted by atomic mass is 32.2. The van der Waals surface area contributed by atoms with E-state index in [0.29, 0.717) is 0 Å². The average Bonchev–Trinajstić information content (AvgIpc) is 2.37. The second-order valence-corrected chi connectivity index (χ2v) is 3.85. The molecule has 1 unspecified atom stereocenters. The van der Waals surface area contributed by atoms with Gasteiger partial charge in [-0.05, 0) is 12.2 Å². The number of carboxylic acids is 1. The number of carboxylic acid groups (broad SMARTS) is 1. The molecule has 1 atom stereocenters. The van der Waals surface area contributed by atoms with Gasteiger partial charge in [-0.3, -0.25) is 9.59 Å². The van der Waals surface area contributed by atoms with Crippen LogP contribution in [-0.4, -0.2) is 34.5 Å². The van der Waals surface area contributed by atoms with Crippen LogP contribution < -0.4 is 5.32 Å². The summed E-state index contributed by atoms with van der Waals surface area (Å²) >= 11 is 1.78. The number of amides is 1. The number of rotatable bonds is 3. The van der Waals surface area contributed by atoms with Gasteiger partial charge in [0.2, 0.25) is 5.91 Å². The number of carbonyl (C=O) groups excluding carboxylic acids is 1. The standard InChI is InChI=1S/C7H11NO3S/c9-6(3-7(10)11)8-5-1-2-12-4-5/h5H,1-4H2,(H,8,9)(H,10,11). The highest BCUT2D eigenvalue weighted by molar-refractivity contribution is 7.99. The van der Waals surface area contributed by atoms with Crippen LogP contribution in [0.2, 0.25) is 0 Å². The molecule has 5 heteroatoms. The lowest BCUT2D eigenvalue weighted by molar-refractivity contribution is -0.140. The molecule has 2 N–H and O–H groups in total. The first-order chi connectivity index (χ1) is 5.68. The molecule has 4 nitrogen and oxygen atoms in total. The van der Waals surface area contributed by atoms with Gasteiger partial charge in [0.1, 0.15) is 6.42 Å². The Hall–Kier alpha value is -0.710. The molecule has 0 radical (unpaired) electrons. The molecule has 1 heterocycles. The summed E-state index contributed by atoms with van der Waals surface area (Å²) in [7, 11) is 0. The van der Waals surface area contributed by atoms with E-state index in [1.807, 2.05) is 0 Å². The van der Waals surface area contributed by atoms with E-state index in [-0.39, 0.29) is 11.9 Å². The Morgan fingerprint density at radius 2 is 2.33 bits per heavy atom. The molecule has 1 amide bonds. The number of hydrogen-bond acceptors (Lipinski definition) is 3. The van der Waals surface area contributed by atoms with Crippen molar-refractivity contribution < 1.29 is 14.7 Å². The first-order valence-electron chi connectivity index (χ1n) is 3.77. The van der Waals surface area contributed by atoms with Crippen molar-refractivity contribution in [1.82, 2.24) is 5.32 Å². The Balaban J connectivity index is 2.20. The summed E-state index contributed by atoms with van der Waals surface area (Å²) in [6, 6.07) is 0.182. The van der Waals surface area contributed by atoms with E-state index >= 15 is 0 Å². The molecular formula is C7H11NO3S. The zero-order valence-electron chi connectivity index (χ0n) is 6.58. The first-order valence-corrected chi connectivity index (χ1v) is 4.93. The molecule has 1 aliphatic rings. The van der Waals surface area contributed by atoms with Crippen LogP contribution in [-0.2, 0) is 9.59 Å². The van der Waals surface area contributed by atoms with Crippen molar-refractivity contribution in [1.29, 1.82) is 0 Å². The van der Waals surface area contributed by atoms with Crippen molar-refractivity contribution in [3.8, 4) is 0 Å². The van der Waals surface area contributed by atoms with Crippen molar-refractivity contribution in [3.05, 3.63) is 0 Å². The van der Waals surface area contributed by atoms with Crippen LogP contribution in [0.15, 0.2) is 0 Å². The van der Waals surface area contributed by atoms with Gasteiger partial charge in [-0.15, -0.1) is 0 Å². The van der Waals surface area contributed by atoms with Gasteiger partial charge in [-0.1, -0.05) is 0 Å².